The van der Waals surface area contributed by atoms with Crippen LogP contribution < -0.4 is 0 Å². The Morgan fingerprint density at radius 2 is 2.22 bits per heavy atom. The van der Waals surface area contributed by atoms with Crippen LogP contribution in [0, 0.1) is 11.7 Å². The lowest BCUT2D eigenvalue weighted by Gasteiger charge is -2.32. The SMILES string of the molecule is CC(=O)N1CCC[C@H](CCc2ccccc2F)C1. The van der Waals surface area contributed by atoms with Gasteiger partial charge >= 0.3 is 0 Å². The van der Waals surface area contributed by atoms with E-state index in [0.29, 0.717) is 5.92 Å². The fourth-order valence-corrected chi connectivity index (χ4v) is 2.65. The monoisotopic (exact) mass is 249 g/mol. The van der Waals surface area contributed by atoms with Gasteiger partial charge in [0.15, 0.2) is 0 Å². The summed E-state index contributed by atoms with van der Waals surface area (Å²) in [6.07, 6.45) is 3.95. The summed E-state index contributed by atoms with van der Waals surface area (Å²) in [5, 5.41) is 0. The molecule has 1 aromatic rings. The number of likely N-dealkylation sites (tertiary alicyclic amines) is 1. The van der Waals surface area contributed by atoms with Gasteiger partial charge in [0, 0.05) is 20.0 Å². The average molecular weight is 249 g/mol. The molecule has 1 aromatic carbocycles. The molecule has 18 heavy (non-hydrogen) atoms. The highest BCUT2D eigenvalue weighted by atomic mass is 19.1. The highest BCUT2D eigenvalue weighted by Crippen LogP contribution is 2.22. The maximum atomic E-state index is 13.5. The van der Waals surface area contributed by atoms with Crippen molar-refractivity contribution in [3.05, 3.63) is 35.6 Å². The molecule has 0 spiro atoms. The van der Waals surface area contributed by atoms with Crippen LogP contribution in [0.4, 0.5) is 4.39 Å². The molecule has 1 heterocycles. The lowest BCUT2D eigenvalue weighted by atomic mass is 9.91. The van der Waals surface area contributed by atoms with E-state index in [2.05, 4.69) is 0 Å². The van der Waals surface area contributed by atoms with Crippen LogP contribution in [-0.4, -0.2) is 23.9 Å². The van der Waals surface area contributed by atoms with Crippen molar-refractivity contribution in [1.82, 2.24) is 4.90 Å². The fraction of sp³-hybridized carbons (Fsp3) is 0.533. The van der Waals surface area contributed by atoms with Crippen molar-refractivity contribution < 1.29 is 9.18 Å². The number of piperidine rings is 1. The Balaban J connectivity index is 1.87. The summed E-state index contributed by atoms with van der Waals surface area (Å²) in [7, 11) is 0. The zero-order valence-electron chi connectivity index (χ0n) is 10.9. The normalized spacial score (nSPS) is 19.9. The number of nitrogens with zero attached hydrogens (tertiary/aromatic N) is 1. The third kappa shape index (κ3) is 3.31. The van der Waals surface area contributed by atoms with Crippen molar-refractivity contribution in [1.29, 1.82) is 0 Å². The topological polar surface area (TPSA) is 20.3 Å². The maximum absolute atomic E-state index is 13.5. The van der Waals surface area contributed by atoms with Gasteiger partial charge in [0.2, 0.25) is 5.91 Å². The first-order valence-corrected chi connectivity index (χ1v) is 6.65. The smallest absolute Gasteiger partial charge is 0.219 e. The van der Waals surface area contributed by atoms with Crippen molar-refractivity contribution in [2.75, 3.05) is 13.1 Å². The highest BCUT2D eigenvalue weighted by Gasteiger charge is 2.21. The largest absolute Gasteiger partial charge is 0.343 e. The Kier molecular flexibility index (Phi) is 4.34. The Morgan fingerprint density at radius 3 is 2.94 bits per heavy atom. The first kappa shape index (κ1) is 13.1. The molecule has 0 bridgehead atoms. The van der Waals surface area contributed by atoms with Gasteiger partial charge in [-0.05, 0) is 43.2 Å². The number of hydrogen-bond acceptors (Lipinski definition) is 1. The molecule has 1 amide bonds. The van der Waals surface area contributed by atoms with Crippen LogP contribution >= 0.6 is 0 Å². The van der Waals surface area contributed by atoms with Crippen LogP contribution in [-0.2, 0) is 11.2 Å². The third-order valence-corrected chi connectivity index (χ3v) is 3.74. The van der Waals surface area contributed by atoms with Gasteiger partial charge in [-0.3, -0.25) is 4.79 Å². The molecule has 1 aliphatic rings. The Bertz CT molecular complexity index is 419. The van der Waals surface area contributed by atoms with Gasteiger partial charge < -0.3 is 4.90 Å². The fourth-order valence-electron chi connectivity index (χ4n) is 2.65. The quantitative estimate of drug-likeness (QED) is 0.806. The number of carbonyl (C=O) groups is 1. The van der Waals surface area contributed by atoms with Crippen LogP contribution in [0.2, 0.25) is 0 Å². The van der Waals surface area contributed by atoms with E-state index >= 15 is 0 Å². The number of aryl methyl sites for hydroxylation is 1. The minimum absolute atomic E-state index is 0.114. The molecule has 3 heteroatoms. The first-order valence-electron chi connectivity index (χ1n) is 6.65. The van der Waals surface area contributed by atoms with Gasteiger partial charge in [0.05, 0.1) is 0 Å². The summed E-state index contributed by atoms with van der Waals surface area (Å²) in [6, 6.07) is 6.96. The lowest BCUT2D eigenvalue weighted by molar-refractivity contribution is -0.130. The number of carbonyl (C=O) groups excluding carboxylic acids is 1. The predicted molar refractivity (Wildman–Crippen MR) is 69.7 cm³/mol. The van der Waals surface area contributed by atoms with Gasteiger partial charge in [-0.2, -0.15) is 0 Å². The van der Waals surface area contributed by atoms with Crippen molar-refractivity contribution in [3.63, 3.8) is 0 Å². The van der Waals surface area contributed by atoms with E-state index in [-0.39, 0.29) is 11.7 Å². The second kappa shape index (κ2) is 5.98. The Morgan fingerprint density at radius 1 is 1.44 bits per heavy atom. The molecule has 1 atom stereocenters. The van der Waals surface area contributed by atoms with Gasteiger partial charge in [0.25, 0.3) is 0 Å². The summed E-state index contributed by atoms with van der Waals surface area (Å²) >= 11 is 0. The first-order chi connectivity index (χ1) is 8.66. The van der Waals surface area contributed by atoms with Crippen LogP contribution in [0.15, 0.2) is 24.3 Å². The van der Waals surface area contributed by atoms with E-state index in [1.807, 2.05) is 17.0 Å². The van der Waals surface area contributed by atoms with Crippen LogP contribution in [0.1, 0.15) is 31.7 Å². The lowest BCUT2D eigenvalue weighted by Crippen LogP contribution is -2.38. The standard InChI is InChI=1S/C15H20FNO/c1-12(18)17-10-4-5-13(11-17)8-9-14-6-2-3-7-15(14)16/h2-3,6-7,13H,4-5,8-11H2,1H3/t13-/m1/s1. The van der Waals surface area contributed by atoms with Crippen LogP contribution in [0.25, 0.3) is 0 Å². The van der Waals surface area contributed by atoms with Gasteiger partial charge in [-0.25, -0.2) is 4.39 Å². The average Bonchev–Trinajstić information content (AvgIpc) is 2.38. The molecule has 0 N–H and O–H groups in total. The van der Waals surface area contributed by atoms with E-state index in [1.54, 1.807) is 13.0 Å². The van der Waals surface area contributed by atoms with E-state index < -0.39 is 0 Å². The molecule has 0 radical (unpaired) electrons. The summed E-state index contributed by atoms with van der Waals surface area (Å²) in [4.78, 5) is 13.3. The highest BCUT2D eigenvalue weighted by molar-refractivity contribution is 5.73. The zero-order valence-corrected chi connectivity index (χ0v) is 10.9. The molecule has 1 saturated heterocycles. The minimum atomic E-state index is -0.114. The van der Waals surface area contributed by atoms with Crippen molar-refractivity contribution in [2.24, 2.45) is 5.92 Å². The van der Waals surface area contributed by atoms with E-state index in [0.717, 1.165) is 44.3 Å². The van der Waals surface area contributed by atoms with Crippen LogP contribution in [0.5, 0.6) is 0 Å². The van der Waals surface area contributed by atoms with Crippen LogP contribution in [0.3, 0.4) is 0 Å². The molecule has 1 aliphatic heterocycles. The number of benzene rings is 1. The summed E-state index contributed by atoms with van der Waals surface area (Å²) in [5.41, 5.74) is 0.789. The second-order valence-electron chi connectivity index (χ2n) is 5.10. The minimum Gasteiger partial charge on any atom is -0.343 e. The van der Waals surface area contributed by atoms with E-state index in [9.17, 15) is 9.18 Å². The number of amides is 1. The molecule has 0 aliphatic carbocycles. The molecular formula is C15H20FNO. The van der Waals surface area contributed by atoms with Gasteiger partial charge in [-0.15, -0.1) is 0 Å². The second-order valence-corrected chi connectivity index (χ2v) is 5.10. The zero-order chi connectivity index (χ0) is 13.0. The Labute approximate surface area is 108 Å². The number of hydrogen-bond donors (Lipinski definition) is 0. The van der Waals surface area contributed by atoms with Gasteiger partial charge in [-0.1, -0.05) is 18.2 Å². The summed E-state index contributed by atoms with van der Waals surface area (Å²) in [6.45, 7) is 3.34. The molecule has 2 rings (SSSR count). The molecule has 98 valence electrons. The summed E-state index contributed by atoms with van der Waals surface area (Å²) < 4.78 is 13.5. The molecule has 0 aromatic heterocycles. The molecule has 0 saturated carbocycles. The molecule has 0 unspecified atom stereocenters. The molecule has 2 nitrogen and oxygen atoms in total. The van der Waals surface area contributed by atoms with Crippen molar-refractivity contribution >= 4 is 5.91 Å². The Hall–Kier alpha value is -1.38. The number of rotatable bonds is 3. The predicted octanol–water partition coefficient (Wildman–Crippen LogP) is 3.02. The van der Waals surface area contributed by atoms with Gasteiger partial charge in [0.1, 0.15) is 5.82 Å². The van der Waals surface area contributed by atoms with Crippen molar-refractivity contribution in [3.8, 4) is 0 Å². The van der Waals surface area contributed by atoms with Crippen molar-refractivity contribution in [2.45, 2.75) is 32.6 Å². The number of halogens is 1. The summed E-state index contributed by atoms with van der Waals surface area (Å²) in [5.74, 6) is 0.560. The van der Waals surface area contributed by atoms with E-state index in [4.69, 9.17) is 0 Å². The maximum Gasteiger partial charge on any atom is 0.219 e. The molecular weight excluding hydrogens is 229 g/mol. The molecule has 1 fully saturated rings. The van der Waals surface area contributed by atoms with E-state index in [1.165, 1.54) is 6.07 Å². The third-order valence-electron chi connectivity index (χ3n) is 3.74.